The fourth-order valence-electron chi connectivity index (χ4n) is 0.408. The summed E-state index contributed by atoms with van der Waals surface area (Å²) in [4.78, 5) is 9.44. The molecule has 0 amide bonds. The van der Waals surface area contributed by atoms with E-state index in [9.17, 15) is 4.79 Å². The summed E-state index contributed by atoms with van der Waals surface area (Å²) in [5, 5.41) is 0. The third-order valence-corrected chi connectivity index (χ3v) is 0.816. The highest BCUT2D eigenvalue weighted by Crippen LogP contribution is 1.65. The van der Waals surface area contributed by atoms with E-state index in [0.29, 0.717) is 0 Å². The van der Waals surface area contributed by atoms with Crippen molar-refractivity contribution in [1.29, 1.82) is 0 Å². The summed E-state index contributed by atoms with van der Waals surface area (Å²) < 4.78 is 9.67. The maximum Gasteiger partial charge on any atom is 0.126 e. The Kier molecular flexibility index (Phi) is 31.4. The summed E-state index contributed by atoms with van der Waals surface area (Å²) >= 11 is 0. The molecular formula is C11H26O3. The molecule has 3 heteroatoms. The molecule has 0 aromatic rings. The molecule has 14 heavy (non-hydrogen) atoms. The van der Waals surface area contributed by atoms with Crippen molar-refractivity contribution in [3.8, 4) is 0 Å². The van der Waals surface area contributed by atoms with Crippen LogP contribution in [0.5, 0.6) is 0 Å². The molecule has 0 saturated carbocycles. The average Bonchev–Trinajstić information content (AvgIpc) is 2.07. The van der Waals surface area contributed by atoms with Crippen molar-refractivity contribution in [2.24, 2.45) is 0 Å². The molecule has 0 spiro atoms. The van der Waals surface area contributed by atoms with Gasteiger partial charge in [0.25, 0.3) is 0 Å². The van der Waals surface area contributed by atoms with Gasteiger partial charge in [-0.15, -0.1) is 0 Å². The number of Topliss-reactive ketones (excluding diaryl/α,β-unsaturated/α-hetero) is 1. The van der Waals surface area contributed by atoms with Gasteiger partial charge in [-0.25, -0.2) is 0 Å². The highest BCUT2D eigenvalue weighted by Gasteiger charge is 1.64. The topological polar surface area (TPSA) is 35.5 Å². The van der Waals surface area contributed by atoms with Crippen molar-refractivity contribution in [3.05, 3.63) is 0 Å². The van der Waals surface area contributed by atoms with Crippen LogP contribution in [0.4, 0.5) is 0 Å². The van der Waals surface area contributed by atoms with Crippen molar-refractivity contribution in [2.75, 3.05) is 26.4 Å². The van der Waals surface area contributed by atoms with Gasteiger partial charge in [0.05, 0.1) is 0 Å². The number of carbonyl (C=O) groups is 1. The van der Waals surface area contributed by atoms with Gasteiger partial charge in [0.1, 0.15) is 5.78 Å². The SMILES string of the molecule is CC(C)=O.CCOCC.CCOCC. The van der Waals surface area contributed by atoms with Crippen molar-refractivity contribution in [3.63, 3.8) is 0 Å². The minimum Gasteiger partial charge on any atom is -0.382 e. The van der Waals surface area contributed by atoms with Crippen LogP contribution in [-0.2, 0) is 14.3 Å². The van der Waals surface area contributed by atoms with Crippen LogP contribution in [-0.4, -0.2) is 32.2 Å². The molecule has 0 fully saturated rings. The van der Waals surface area contributed by atoms with Gasteiger partial charge < -0.3 is 14.3 Å². The Balaban J connectivity index is -0.000000131. The number of hydrogen-bond donors (Lipinski definition) is 0. The predicted octanol–water partition coefficient (Wildman–Crippen LogP) is 2.68. The Morgan fingerprint density at radius 3 is 0.929 bits per heavy atom. The van der Waals surface area contributed by atoms with Crippen LogP contribution in [0.2, 0.25) is 0 Å². The fourth-order valence-corrected chi connectivity index (χ4v) is 0.408. The van der Waals surface area contributed by atoms with Crippen molar-refractivity contribution in [1.82, 2.24) is 0 Å². The lowest BCUT2D eigenvalue weighted by molar-refractivity contribution is -0.114. The summed E-state index contributed by atoms with van der Waals surface area (Å²) in [6.45, 7) is 14.4. The molecule has 0 aromatic carbocycles. The van der Waals surface area contributed by atoms with E-state index in [2.05, 4.69) is 0 Å². The summed E-state index contributed by atoms with van der Waals surface area (Å²) in [5.41, 5.74) is 0. The molecule has 88 valence electrons. The standard InChI is InChI=1S/2C4H10O.C3H6O/c2*1-3-5-4-2;1-3(2)4/h2*3-4H2,1-2H3;1-2H3. The maximum atomic E-state index is 9.44. The zero-order chi connectivity index (χ0) is 11.8. The second kappa shape index (κ2) is 22.9. The van der Waals surface area contributed by atoms with Gasteiger partial charge in [-0.2, -0.15) is 0 Å². The Labute approximate surface area is 88.8 Å². The first kappa shape index (κ1) is 19.2. The second-order valence-corrected chi connectivity index (χ2v) is 2.47. The van der Waals surface area contributed by atoms with Crippen LogP contribution in [0.3, 0.4) is 0 Å². The maximum absolute atomic E-state index is 9.44. The van der Waals surface area contributed by atoms with Crippen LogP contribution < -0.4 is 0 Å². The first-order valence-electron chi connectivity index (χ1n) is 5.19. The molecule has 0 aliphatic carbocycles. The van der Waals surface area contributed by atoms with Gasteiger partial charge in [0, 0.05) is 26.4 Å². The van der Waals surface area contributed by atoms with Crippen molar-refractivity contribution < 1.29 is 14.3 Å². The van der Waals surface area contributed by atoms with E-state index in [0.717, 1.165) is 26.4 Å². The van der Waals surface area contributed by atoms with Gasteiger partial charge in [-0.3, -0.25) is 0 Å². The molecule has 0 aromatic heterocycles. The molecule has 0 aliphatic rings. The molecular weight excluding hydrogens is 180 g/mol. The summed E-state index contributed by atoms with van der Waals surface area (Å²) in [5.74, 6) is 0.167. The van der Waals surface area contributed by atoms with Gasteiger partial charge in [0.15, 0.2) is 0 Å². The molecule has 0 atom stereocenters. The molecule has 0 rings (SSSR count). The van der Waals surface area contributed by atoms with E-state index in [1.165, 1.54) is 13.8 Å². The van der Waals surface area contributed by atoms with Crippen LogP contribution >= 0.6 is 0 Å². The number of carbonyl (C=O) groups excluding carboxylic acids is 1. The van der Waals surface area contributed by atoms with E-state index >= 15 is 0 Å². The average molecular weight is 206 g/mol. The van der Waals surface area contributed by atoms with Crippen LogP contribution in [0.25, 0.3) is 0 Å². The summed E-state index contributed by atoms with van der Waals surface area (Å²) in [6, 6.07) is 0. The molecule has 0 radical (unpaired) electrons. The lowest BCUT2D eigenvalue weighted by atomic mass is 10.6. The van der Waals surface area contributed by atoms with Gasteiger partial charge in [0.2, 0.25) is 0 Å². The van der Waals surface area contributed by atoms with E-state index in [-0.39, 0.29) is 5.78 Å². The Morgan fingerprint density at radius 1 is 0.786 bits per heavy atom. The molecule has 0 N–H and O–H groups in total. The highest BCUT2D eigenvalue weighted by atomic mass is 16.5. The number of ketones is 1. The van der Waals surface area contributed by atoms with Gasteiger partial charge in [-0.05, 0) is 41.5 Å². The van der Waals surface area contributed by atoms with Crippen LogP contribution in [0, 0.1) is 0 Å². The smallest absolute Gasteiger partial charge is 0.126 e. The van der Waals surface area contributed by atoms with E-state index in [4.69, 9.17) is 9.47 Å². The van der Waals surface area contributed by atoms with Gasteiger partial charge in [-0.1, -0.05) is 0 Å². The molecule has 0 unspecified atom stereocenters. The third-order valence-electron chi connectivity index (χ3n) is 0.816. The third kappa shape index (κ3) is 101. The minimum atomic E-state index is 0.167. The van der Waals surface area contributed by atoms with Crippen molar-refractivity contribution >= 4 is 5.78 Å². The first-order chi connectivity index (χ1) is 6.56. The Bertz CT molecular complexity index is 78.5. The number of rotatable bonds is 4. The fraction of sp³-hybridized carbons (Fsp3) is 0.909. The zero-order valence-electron chi connectivity index (χ0n) is 10.6. The largest absolute Gasteiger partial charge is 0.382 e. The Hall–Kier alpha value is -0.410. The van der Waals surface area contributed by atoms with Crippen molar-refractivity contribution in [2.45, 2.75) is 41.5 Å². The molecule has 3 nitrogen and oxygen atoms in total. The van der Waals surface area contributed by atoms with E-state index < -0.39 is 0 Å². The lowest BCUT2D eigenvalue weighted by Crippen LogP contribution is -1.84. The number of hydrogen-bond acceptors (Lipinski definition) is 3. The lowest BCUT2D eigenvalue weighted by Gasteiger charge is -1.86. The predicted molar refractivity (Wildman–Crippen MR) is 60.7 cm³/mol. The quantitative estimate of drug-likeness (QED) is 0.709. The first-order valence-corrected chi connectivity index (χ1v) is 5.19. The Morgan fingerprint density at radius 2 is 0.929 bits per heavy atom. The normalized spacial score (nSPS) is 7.86. The molecule has 0 saturated heterocycles. The number of ether oxygens (including phenoxy) is 2. The zero-order valence-corrected chi connectivity index (χ0v) is 10.6. The summed E-state index contributed by atoms with van der Waals surface area (Å²) in [6.07, 6.45) is 0. The van der Waals surface area contributed by atoms with Crippen LogP contribution in [0.1, 0.15) is 41.5 Å². The molecule has 0 heterocycles. The van der Waals surface area contributed by atoms with E-state index in [1.807, 2.05) is 27.7 Å². The van der Waals surface area contributed by atoms with Crippen LogP contribution in [0.15, 0.2) is 0 Å². The second-order valence-electron chi connectivity index (χ2n) is 2.47. The summed E-state index contributed by atoms with van der Waals surface area (Å²) in [7, 11) is 0. The highest BCUT2D eigenvalue weighted by molar-refractivity contribution is 5.72. The molecule has 0 aliphatic heterocycles. The van der Waals surface area contributed by atoms with E-state index in [1.54, 1.807) is 0 Å². The molecule has 0 bridgehead atoms. The minimum absolute atomic E-state index is 0.167. The monoisotopic (exact) mass is 206 g/mol. The van der Waals surface area contributed by atoms with Gasteiger partial charge >= 0.3 is 0 Å².